The molecule has 102 valence electrons. The van der Waals surface area contributed by atoms with Gasteiger partial charge in [0, 0.05) is 12.6 Å². The van der Waals surface area contributed by atoms with E-state index in [1.165, 1.54) is 0 Å². The molecule has 0 aliphatic heterocycles. The maximum Gasteiger partial charge on any atom is 0.300 e. The van der Waals surface area contributed by atoms with E-state index in [-0.39, 0.29) is 5.89 Å². The minimum atomic E-state index is -2.77. The lowest BCUT2D eigenvalue weighted by Crippen LogP contribution is -1.91. The molecule has 0 unspecified atom stereocenters. The van der Waals surface area contributed by atoms with Gasteiger partial charge in [-0.15, -0.1) is 0 Å². The first-order chi connectivity index (χ1) is 9.65. The van der Waals surface area contributed by atoms with Crippen LogP contribution in [0.5, 0.6) is 0 Å². The van der Waals surface area contributed by atoms with E-state index < -0.39 is 12.2 Å². The standard InChI is InChI=1S/C12H9F2N5O/c1-19-6-15-10(17-19)7-4-2-3-5-8(7)12-16-11(9(13)14)18-20-12/h2-6,9H,1H3. The summed E-state index contributed by atoms with van der Waals surface area (Å²) in [4.78, 5) is 7.81. The fraction of sp³-hybridized carbons (Fsp3) is 0.167. The summed E-state index contributed by atoms with van der Waals surface area (Å²) >= 11 is 0. The summed E-state index contributed by atoms with van der Waals surface area (Å²) in [6.45, 7) is 0. The molecule has 8 heteroatoms. The van der Waals surface area contributed by atoms with Crippen LogP contribution < -0.4 is 0 Å². The predicted molar refractivity (Wildman–Crippen MR) is 64.7 cm³/mol. The molecule has 1 aromatic carbocycles. The predicted octanol–water partition coefficient (Wildman–Crippen LogP) is 2.47. The molecule has 0 bridgehead atoms. The maximum atomic E-state index is 12.5. The number of alkyl halides is 2. The highest BCUT2D eigenvalue weighted by Gasteiger charge is 2.20. The molecule has 0 radical (unpaired) electrons. The van der Waals surface area contributed by atoms with E-state index in [9.17, 15) is 8.78 Å². The third-order valence-electron chi connectivity index (χ3n) is 2.63. The Balaban J connectivity index is 2.09. The van der Waals surface area contributed by atoms with Crippen molar-refractivity contribution in [2.24, 2.45) is 7.05 Å². The van der Waals surface area contributed by atoms with Crippen LogP contribution in [0.1, 0.15) is 12.2 Å². The molecule has 0 saturated heterocycles. The number of nitrogens with zero attached hydrogens (tertiary/aromatic N) is 5. The molecule has 0 fully saturated rings. The van der Waals surface area contributed by atoms with Crippen molar-refractivity contribution in [3.63, 3.8) is 0 Å². The first kappa shape index (κ1) is 12.4. The molecule has 0 atom stereocenters. The van der Waals surface area contributed by atoms with Gasteiger partial charge in [-0.1, -0.05) is 23.4 Å². The molecular weight excluding hydrogens is 268 g/mol. The van der Waals surface area contributed by atoms with Gasteiger partial charge in [0.2, 0.25) is 5.82 Å². The van der Waals surface area contributed by atoms with Crippen molar-refractivity contribution < 1.29 is 13.3 Å². The Labute approximate surface area is 112 Å². The van der Waals surface area contributed by atoms with E-state index in [0.29, 0.717) is 17.0 Å². The third kappa shape index (κ3) is 2.15. The Hall–Kier alpha value is -2.64. The second kappa shape index (κ2) is 4.80. The lowest BCUT2D eigenvalue weighted by atomic mass is 10.1. The molecule has 0 N–H and O–H groups in total. The van der Waals surface area contributed by atoms with Crippen LogP contribution >= 0.6 is 0 Å². The van der Waals surface area contributed by atoms with Gasteiger partial charge >= 0.3 is 6.43 Å². The smallest absolute Gasteiger partial charge is 0.300 e. The molecule has 20 heavy (non-hydrogen) atoms. The molecule has 3 aromatic rings. The minimum absolute atomic E-state index is 0.0170. The van der Waals surface area contributed by atoms with Crippen molar-refractivity contribution in [1.82, 2.24) is 24.9 Å². The number of hydrogen-bond acceptors (Lipinski definition) is 5. The molecule has 0 aliphatic rings. The van der Waals surface area contributed by atoms with Gasteiger partial charge in [-0.3, -0.25) is 4.68 Å². The fourth-order valence-electron chi connectivity index (χ4n) is 1.76. The Kier molecular flexibility index (Phi) is 2.97. The Morgan fingerprint density at radius 3 is 2.55 bits per heavy atom. The lowest BCUT2D eigenvalue weighted by Gasteiger charge is -2.01. The van der Waals surface area contributed by atoms with E-state index in [2.05, 4.69) is 20.2 Å². The van der Waals surface area contributed by atoms with Crippen molar-refractivity contribution in [3.8, 4) is 22.8 Å². The normalized spacial score (nSPS) is 11.2. The number of rotatable bonds is 3. The molecule has 0 saturated carbocycles. The van der Waals surface area contributed by atoms with Crippen molar-refractivity contribution in [2.45, 2.75) is 6.43 Å². The van der Waals surface area contributed by atoms with E-state index in [1.807, 2.05) is 0 Å². The van der Waals surface area contributed by atoms with Gasteiger partial charge in [0.15, 0.2) is 5.82 Å². The third-order valence-corrected chi connectivity index (χ3v) is 2.63. The van der Waals surface area contributed by atoms with Gasteiger partial charge < -0.3 is 4.52 Å². The van der Waals surface area contributed by atoms with Gasteiger partial charge in [-0.05, 0) is 6.07 Å². The van der Waals surface area contributed by atoms with Crippen LogP contribution in [0.2, 0.25) is 0 Å². The summed E-state index contributed by atoms with van der Waals surface area (Å²) in [6, 6.07) is 6.99. The maximum absolute atomic E-state index is 12.5. The average Bonchev–Trinajstić information content (AvgIpc) is 3.07. The van der Waals surface area contributed by atoms with Crippen molar-refractivity contribution >= 4 is 0 Å². The molecule has 2 aromatic heterocycles. The topological polar surface area (TPSA) is 69.6 Å². The van der Waals surface area contributed by atoms with Crippen molar-refractivity contribution in [3.05, 3.63) is 36.4 Å². The van der Waals surface area contributed by atoms with E-state index in [0.717, 1.165) is 0 Å². The number of aryl methyl sites for hydroxylation is 1. The average molecular weight is 277 g/mol. The lowest BCUT2D eigenvalue weighted by molar-refractivity contribution is 0.136. The molecule has 0 spiro atoms. The zero-order valence-electron chi connectivity index (χ0n) is 10.4. The Morgan fingerprint density at radius 1 is 1.20 bits per heavy atom. The minimum Gasteiger partial charge on any atom is -0.334 e. The molecule has 0 aliphatic carbocycles. The van der Waals surface area contributed by atoms with E-state index in [1.54, 1.807) is 42.3 Å². The number of halogens is 2. The van der Waals surface area contributed by atoms with Gasteiger partial charge in [-0.2, -0.15) is 10.1 Å². The number of benzene rings is 1. The van der Waals surface area contributed by atoms with Crippen LogP contribution in [0, 0.1) is 0 Å². The molecule has 6 nitrogen and oxygen atoms in total. The van der Waals surface area contributed by atoms with Crippen LogP contribution in [-0.4, -0.2) is 24.9 Å². The summed E-state index contributed by atoms with van der Waals surface area (Å²) < 4.78 is 31.4. The Bertz CT molecular complexity index is 737. The Morgan fingerprint density at radius 2 is 1.95 bits per heavy atom. The van der Waals surface area contributed by atoms with Crippen molar-refractivity contribution in [2.75, 3.05) is 0 Å². The first-order valence-electron chi connectivity index (χ1n) is 5.72. The van der Waals surface area contributed by atoms with Crippen molar-refractivity contribution in [1.29, 1.82) is 0 Å². The largest absolute Gasteiger partial charge is 0.334 e. The SMILES string of the molecule is Cn1cnc(-c2ccccc2-c2nc(C(F)F)no2)n1. The van der Waals surface area contributed by atoms with Gasteiger partial charge in [0.05, 0.1) is 5.56 Å². The van der Waals surface area contributed by atoms with Gasteiger partial charge in [0.1, 0.15) is 6.33 Å². The highest BCUT2D eigenvalue weighted by molar-refractivity contribution is 5.75. The zero-order valence-corrected chi connectivity index (χ0v) is 10.4. The summed E-state index contributed by atoms with van der Waals surface area (Å²) in [5.41, 5.74) is 1.15. The molecule has 0 amide bonds. The molecule has 3 rings (SSSR count). The summed E-state index contributed by atoms with van der Waals surface area (Å²) in [6.07, 6.45) is -1.22. The zero-order chi connectivity index (χ0) is 14.1. The quantitative estimate of drug-likeness (QED) is 0.735. The van der Waals surface area contributed by atoms with Crippen LogP contribution in [0.25, 0.3) is 22.8 Å². The molecule has 2 heterocycles. The van der Waals surface area contributed by atoms with Crippen LogP contribution in [0.15, 0.2) is 35.1 Å². The second-order valence-electron chi connectivity index (χ2n) is 4.05. The highest BCUT2D eigenvalue weighted by atomic mass is 19.3. The first-order valence-corrected chi connectivity index (χ1v) is 5.72. The summed E-state index contributed by atoms with van der Waals surface area (Å²) in [7, 11) is 1.74. The second-order valence-corrected chi connectivity index (χ2v) is 4.05. The fourth-order valence-corrected chi connectivity index (χ4v) is 1.76. The summed E-state index contributed by atoms with van der Waals surface area (Å²) in [5, 5.41) is 7.43. The molecular formula is C12H9F2N5O. The van der Waals surface area contributed by atoms with E-state index >= 15 is 0 Å². The van der Waals surface area contributed by atoms with E-state index in [4.69, 9.17) is 4.52 Å². The monoisotopic (exact) mass is 277 g/mol. The van der Waals surface area contributed by atoms with Crippen LogP contribution in [0.4, 0.5) is 8.78 Å². The summed E-state index contributed by atoms with van der Waals surface area (Å²) in [5.74, 6) is -0.160. The number of hydrogen-bond donors (Lipinski definition) is 0. The van der Waals surface area contributed by atoms with Crippen LogP contribution in [0.3, 0.4) is 0 Å². The highest BCUT2D eigenvalue weighted by Crippen LogP contribution is 2.29. The van der Waals surface area contributed by atoms with Gasteiger partial charge in [-0.25, -0.2) is 13.8 Å². The van der Waals surface area contributed by atoms with Gasteiger partial charge in [0.25, 0.3) is 5.89 Å². The number of aromatic nitrogens is 5. The van der Waals surface area contributed by atoms with Crippen LogP contribution in [-0.2, 0) is 7.05 Å².